The van der Waals surface area contributed by atoms with E-state index in [9.17, 15) is 9.90 Å². The van der Waals surface area contributed by atoms with Crippen LogP contribution in [0.3, 0.4) is 0 Å². The molecule has 17 heavy (non-hydrogen) atoms. The number of hydrogen-bond acceptors (Lipinski definition) is 3. The third-order valence-electron chi connectivity index (χ3n) is 2.87. The number of amides is 1. The minimum absolute atomic E-state index is 0.00509. The van der Waals surface area contributed by atoms with Gasteiger partial charge in [-0.15, -0.1) is 0 Å². The molecule has 0 spiro atoms. The van der Waals surface area contributed by atoms with Crippen LogP contribution in [0.5, 0.6) is 0 Å². The average molecular weight is 234 g/mol. The lowest BCUT2D eigenvalue weighted by atomic mass is 10.1. The molecule has 0 saturated carbocycles. The fraction of sp³-hybridized carbons (Fsp3) is 0.462. The smallest absolute Gasteiger partial charge is 0.256 e. The highest BCUT2D eigenvalue weighted by Gasteiger charge is 2.30. The van der Waals surface area contributed by atoms with E-state index in [0.29, 0.717) is 18.7 Å². The molecule has 1 aliphatic rings. The Balaban J connectivity index is 2.11. The van der Waals surface area contributed by atoms with Crippen LogP contribution in [0.2, 0.25) is 0 Å². The Morgan fingerprint density at radius 3 is 2.82 bits per heavy atom. The zero-order valence-electron chi connectivity index (χ0n) is 10.0. The highest BCUT2D eigenvalue weighted by atomic mass is 16.3. The van der Waals surface area contributed by atoms with Gasteiger partial charge in [-0.3, -0.25) is 4.79 Å². The summed E-state index contributed by atoms with van der Waals surface area (Å²) in [5.74, 6) is -0.00509. The predicted molar refractivity (Wildman–Crippen MR) is 67.1 cm³/mol. The fourth-order valence-electron chi connectivity index (χ4n) is 1.87. The zero-order valence-corrected chi connectivity index (χ0v) is 10.0. The first kappa shape index (κ1) is 11.9. The molecule has 0 aromatic heterocycles. The minimum atomic E-state index is -0.352. The van der Waals surface area contributed by atoms with Crippen LogP contribution in [0, 0.1) is 0 Å². The maximum Gasteiger partial charge on any atom is 0.256 e. The molecule has 1 heterocycles. The number of carbonyl (C=O) groups is 1. The number of nitrogens with one attached hydrogen (secondary N) is 1. The van der Waals surface area contributed by atoms with Gasteiger partial charge in [0.2, 0.25) is 0 Å². The molecule has 4 nitrogen and oxygen atoms in total. The first-order chi connectivity index (χ1) is 8.22. The minimum Gasteiger partial charge on any atom is -0.389 e. The van der Waals surface area contributed by atoms with Gasteiger partial charge in [0, 0.05) is 25.3 Å². The summed E-state index contributed by atoms with van der Waals surface area (Å²) in [6, 6.07) is 7.52. The van der Waals surface area contributed by atoms with Crippen molar-refractivity contribution in [2.75, 3.05) is 25.0 Å². The molecule has 92 valence electrons. The molecule has 0 atom stereocenters. The van der Waals surface area contributed by atoms with Crippen molar-refractivity contribution >= 4 is 11.6 Å². The standard InChI is InChI=1S/C13H18N2O2/c1-2-7-14-12-6-4-3-5-11(12)13(17)15-8-10(16)9-15/h3-6,10,14,16H,2,7-9H2,1H3. The van der Waals surface area contributed by atoms with Crippen LogP contribution in [-0.2, 0) is 0 Å². The van der Waals surface area contributed by atoms with Gasteiger partial charge < -0.3 is 15.3 Å². The molecule has 0 radical (unpaired) electrons. The van der Waals surface area contributed by atoms with Gasteiger partial charge in [-0.2, -0.15) is 0 Å². The van der Waals surface area contributed by atoms with Crippen molar-refractivity contribution in [1.29, 1.82) is 0 Å². The van der Waals surface area contributed by atoms with E-state index in [1.807, 2.05) is 24.3 Å². The number of β-amino-alcohol motifs (C(OH)–C–C–N with tert-alkyl or cyclic N) is 1. The summed E-state index contributed by atoms with van der Waals surface area (Å²) < 4.78 is 0. The van der Waals surface area contributed by atoms with E-state index in [1.54, 1.807) is 4.90 Å². The van der Waals surface area contributed by atoms with Crippen molar-refractivity contribution in [2.45, 2.75) is 19.4 Å². The lowest BCUT2D eigenvalue weighted by molar-refractivity contribution is 0.00596. The largest absolute Gasteiger partial charge is 0.389 e. The fourth-order valence-corrected chi connectivity index (χ4v) is 1.87. The first-order valence-electron chi connectivity index (χ1n) is 6.02. The van der Waals surface area contributed by atoms with Crippen molar-refractivity contribution in [3.05, 3.63) is 29.8 Å². The molecule has 1 aromatic rings. The zero-order chi connectivity index (χ0) is 12.3. The first-order valence-corrected chi connectivity index (χ1v) is 6.02. The number of aliphatic hydroxyl groups excluding tert-OH is 1. The Bertz CT molecular complexity index is 400. The summed E-state index contributed by atoms with van der Waals surface area (Å²) in [6.07, 6.45) is 0.667. The van der Waals surface area contributed by atoms with Gasteiger partial charge in [0.15, 0.2) is 0 Å². The van der Waals surface area contributed by atoms with Crippen molar-refractivity contribution in [3.63, 3.8) is 0 Å². The normalized spacial score (nSPS) is 15.5. The van der Waals surface area contributed by atoms with Crippen molar-refractivity contribution in [1.82, 2.24) is 4.90 Å². The molecule has 4 heteroatoms. The molecule has 0 unspecified atom stereocenters. The second-order valence-corrected chi connectivity index (χ2v) is 4.34. The quantitative estimate of drug-likeness (QED) is 0.826. The molecule has 0 aliphatic carbocycles. The van der Waals surface area contributed by atoms with Crippen LogP contribution < -0.4 is 5.32 Å². The van der Waals surface area contributed by atoms with Crippen molar-refractivity contribution in [3.8, 4) is 0 Å². The monoisotopic (exact) mass is 234 g/mol. The Labute approximate surface area is 101 Å². The van der Waals surface area contributed by atoms with Crippen LogP contribution in [0.15, 0.2) is 24.3 Å². The predicted octanol–water partition coefficient (Wildman–Crippen LogP) is 1.33. The molecular weight excluding hydrogens is 216 g/mol. The second kappa shape index (κ2) is 5.19. The molecule has 2 N–H and O–H groups in total. The molecule has 1 aliphatic heterocycles. The van der Waals surface area contributed by atoms with Gasteiger partial charge in [0.05, 0.1) is 11.7 Å². The van der Waals surface area contributed by atoms with Gasteiger partial charge >= 0.3 is 0 Å². The van der Waals surface area contributed by atoms with Crippen LogP contribution >= 0.6 is 0 Å². The van der Waals surface area contributed by atoms with Crippen molar-refractivity contribution < 1.29 is 9.90 Å². The second-order valence-electron chi connectivity index (χ2n) is 4.34. The molecule has 1 amide bonds. The van der Waals surface area contributed by atoms with Crippen LogP contribution in [0.4, 0.5) is 5.69 Å². The number of anilines is 1. The number of carbonyl (C=O) groups excluding carboxylic acids is 1. The van der Waals surface area contributed by atoms with Gasteiger partial charge in [0.1, 0.15) is 0 Å². The maximum atomic E-state index is 12.1. The highest BCUT2D eigenvalue weighted by molar-refractivity contribution is 6.00. The van der Waals surface area contributed by atoms with Crippen LogP contribution in [-0.4, -0.2) is 41.7 Å². The summed E-state index contributed by atoms with van der Waals surface area (Å²) in [5, 5.41) is 12.5. The summed E-state index contributed by atoms with van der Waals surface area (Å²) in [4.78, 5) is 13.8. The lowest BCUT2D eigenvalue weighted by Gasteiger charge is -2.36. The molecule has 1 aromatic carbocycles. The number of rotatable bonds is 4. The molecule has 0 bridgehead atoms. The van der Waals surface area contributed by atoms with Gasteiger partial charge in [-0.05, 0) is 18.6 Å². The number of aliphatic hydroxyl groups is 1. The summed E-state index contributed by atoms with van der Waals surface area (Å²) in [6.45, 7) is 3.83. The average Bonchev–Trinajstić information content (AvgIpc) is 2.32. The van der Waals surface area contributed by atoms with Gasteiger partial charge in [-0.1, -0.05) is 19.1 Å². The van der Waals surface area contributed by atoms with Crippen molar-refractivity contribution in [2.24, 2.45) is 0 Å². The van der Waals surface area contributed by atoms with Gasteiger partial charge in [-0.25, -0.2) is 0 Å². The Morgan fingerprint density at radius 1 is 1.47 bits per heavy atom. The Kier molecular flexibility index (Phi) is 3.64. The van der Waals surface area contributed by atoms with Crippen LogP contribution in [0.1, 0.15) is 23.7 Å². The summed E-state index contributed by atoms with van der Waals surface area (Å²) in [7, 11) is 0. The van der Waals surface area contributed by atoms with E-state index in [0.717, 1.165) is 18.7 Å². The maximum absolute atomic E-state index is 12.1. The number of benzene rings is 1. The van der Waals surface area contributed by atoms with E-state index in [-0.39, 0.29) is 12.0 Å². The Morgan fingerprint density at radius 2 is 2.18 bits per heavy atom. The number of likely N-dealkylation sites (tertiary alicyclic amines) is 1. The van der Waals surface area contributed by atoms with E-state index < -0.39 is 0 Å². The summed E-state index contributed by atoms with van der Waals surface area (Å²) >= 11 is 0. The third kappa shape index (κ3) is 2.58. The Hall–Kier alpha value is -1.55. The molecule has 1 saturated heterocycles. The number of hydrogen-bond donors (Lipinski definition) is 2. The van der Waals surface area contributed by atoms with Gasteiger partial charge in [0.25, 0.3) is 5.91 Å². The van der Waals surface area contributed by atoms with E-state index >= 15 is 0 Å². The number of nitrogens with zero attached hydrogens (tertiary/aromatic N) is 1. The van der Waals surface area contributed by atoms with Crippen LogP contribution in [0.25, 0.3) is 0 Å². The topological polar surface area (TPSA) is 52.6 Å². The summed E-state index contributed by atoms with van der Waals surface area (Å²) in [5.41, 5.74) is 1.56. The molecule has 2 rings (SSSR count). The lowest BCUT2D eigenvalue weighted by Crippen LogP contribution is -2.53. The number of para-hydroxylation sites is 1. The SMILES string of the molecule is CCCNc1ccccc1C(=O)N1CC(O)C1. The van der Waals surface area contributed by atoms with E-state index in [1.165, 1.54) is 0 Å². The highest BCUT2D eigenvalue weighted by Crippen LogP contribution is 2.20. The third-order valence-corrected chi connectivity index (χ3v) is 2.87. The van der Waals surface area contributed by atoms with E-state index in [4.69, 9.17) is 0 Å². The molecular formula is C13H18N2O2. The molecule has 1 fully saturated rings. The van der Waals surface area contributed by atoms with E-state index in [2.05, 4.69) is 12.2 Å².